The summed E-state index contributed by atoms with van der Waals surface area (Å²) in [5, 5.41) is 43.4. The van der Waals surface area contributed by atoms with Crippen LogP contribution >= 0.6 is 0 Å². The van der Waals surface area contributed by atoms with Crippen molar-refractivity contribution in [1.82, 2.24) is 0 Å². The van der Waals surface area contributed by atoms with Gasteiger partial charge in [-0.2, -0.15) is 0 Å². The predicted octanol–water partition coefficient (Wildman–Crippen LogP) is -3.47. The van der Waals surface area contributed by atoms with E-state index in [4.69, 9.17) is 25.5 Å². The van der Waals surface area contributed by atoms with Gasteiger partial charge >= 0.3 is 22.4 Å². The van der Waals surface area contributed by atoms with Gasteiger partial charge in [0.1, 0.15) is 12.2 Å². The van der Waals surface area contributed by atoms with Crippen LogP contribution < -0.4 is 0 Å². The van der Waals surface area contributed by atoms with Gasteiger partial charge in [0.15, 0.2) is 0 Å². The number of aliphatic hydroxyl groups excluding tert-OH is 5. The van der Waals surface area contributed by atoms with Crippen molar-refractivity contribution < 1.29 is 52.7 Å². The van der Waals surface area contributed by atoms with Crippen LogP contribution in [-0.4, -0.2) is 62.8 Å². The fourth-order valence-electron chi connectivity index (χ4n) is 0.592. The first-order valence-electron chi connectivity index (χ1n) is 3.25. The Kier molecular flexibility index (Phi) is 9.16. The molecule has 0 amide bonds. The van der Waals surface area contributed by atoms with Gasteiger partial charge in [-0.1, -0.05) is 0 Å². The molecule has 0 aromatic rings. The molecule has 0 spiro atoms. The summed E-state index contributed by atoms with van der Waals surface area (Å²) in [5.74, 6) is 0. The fourth-order valence-corrected chi connectivity index (χ4v) is 0.592. The molecule has 6 nitrogen and oxygen atoms in total. The standard InChI is InChI=1S/C6H11O6.Au/c7-1-3(9)5(11)6(12)4(10)2-8;/h3-7,9-12H,1H2;/q-1;+1/t3-,4-,5-,6-;/m1./s1. The Bertz CT molecular complexity index is 143. The van der Waals surface area contributed by atoms with Gasteiger partial charge in [0.2, 0.25) is 0 Å². The van der Waals surface area contributed by atoms with E-state index in [9.17, 15) is 4.79 Å². The molecule has 13 heavy (non-hydrogen) atoms. The first-order valence-corrected chi connectivity index (χ1v) is 3.25. The minimum atomic E-state index is -1.89. The van der Waals surface area contributed by atoms with Crippen LogP contribution in [0.4, 0.5) is 0 Å². The molecule has 0 aliphatic heterocycles. The van der Waals surface area contributed by atoms with Crippen molar-refractivity contribution >= 4 is 6.29 Å². The second kappa shape index (κ2) is 7.60. The zero-order chi connectivity index (χ0) is 9.72. The molecule has 7 heteroatoms. The summed E-state index contributed by atoms with van der Waals surface area (Å²) in [7, 11) is 0. The third-order valence-electron chi connectivity index (χ3n) is 1.38. The van der Waals surface area contributed by atoms with Gasteiger partial charge in [-0.05, 0) is 6.10 Å². The molecule has 0 saturated carbocycles. The number of carbonyl (C=O) groups excluding carboxylic acids is 1. The topological polar surface area (TPSA) is 118 Å². The van der Waals surface area contributed by atoms with Crippen molar-refractivity contribution in [2.24, 2.45) is 0 Å². The average molecular weight is 376 g/mol. The molecule has 0 unspecified atom stereocenters. The summed E-state index contributed by atoms with van der Waals surface area (Å²) in [6.07, 6.45) is -6.07. The average Bonchev–Trinajstić information content (AvgIpc) is 2.12. The molecule has 0 radical (unpaired) electrons. The molecule has 0 rings (SSSR count). The van der Waals surface area contributed by atoms with Crippen LogP contribution in [0, 0.1) is 0 Å². The van der Waals surface area contributed by atoms with E-state index in [-0.39, 0.29) is 22.4 Å². The number of rotatable bonds is 5. The van der Waals surface area contributed by atoms with Crippen molar-refractivity contribution in [3.8, 4) is 0 Å². The Labute approximate surface area is 90.3 Å². The molecule has 0 aromatic heterocycles. The van der Waals surface area contributed by atoms with Crippen LogP contribution in [0.5, 0.6) is 0 Å². The minimum absolute atomic E-state index is 0. The maximum absolute atomic E-state index is 9.77. The van der Waals surface area contributed by atoms with Crippen LogP contribution in [0.1, 0.15) is 0 Å². The monoisotopic (exact) mass is 376 g/mol. The van der Waals surface area contributed by atoms with Gasteiger partial charge in [-0.3, -0.25) is 0 Å². The maximum atomic E-state index is 9.77. The van der Waals surface area contributed by atoms with Gasteiger partial charge in [-0.15, -0.1) is 0 Å². The van der Waals surface area contributed by atoms with Crippen molar-refractivity contribution in [3.63, 3.8) is 0 Å². The fraction of sp³-hybridized carbons (Fsp3) is 0.833. The van der Waals surface area contributed by atoms with E-state index < -0.39 is 31.0 Å². The quantitative estimate of drug-likeness (QED) is 0.252. The zero-order valence-electron chi connectivity index (χ0n) is 6.46. The van der Waals surface area contributed by atoms with Crippen LogP contribution in [0.3, 0.4) is 0 Å². The van der Waals surface area contributed by atoms with Gasteiger partial charge in [0.25, 0.3) is 0 Å². The SMILES string of the molecule is O=[C-][C@@H](O)[C@@H](O)[C@H](O)[C@H](O)CO.[Au+]. The van der Waals surface area contributed by atoms with E-state index in [1.54, 1.807) is 0 Å². The van der Waals surface area contributed by atoms with Gasteiger partial charge in [0, 0.05) is 0 Å². The smallest absolute Gasteiger partial charge is 0.539 e. The molecular weight excluding hydrogens is 365 g/mol. The Hall–Kier alpha value is 0.210. The Morgan fingerprint density at radius 3 is 1.85 bits per heavy atom. The van der Waals surface area contributed by atoms with Crippen molar-refractivity contribution in [1.29, 1.82) is 0 Å². The third kappa shape index (κ3) is 4.84. The molecule has 4 atom stereocenters. The summed E-state index contributed by atoms with van der Waals surface area (Å²) < 4.78 is 0. The number of hydrogen-bond acceptors (Lipinski definition) is 6. The van der Waals surface area contributed by atoms with Crippen molar-refractivity contribution in [3.05, 3.63) is 0 Å². The Morgan fingerprint density at radius 2 is 1.54 bits per heavy atom. The molecule has 0 fully saturated rings. The Morgan fingerprint density at radius 1 is 1.08 bits per heavy atom. The summed E-state index contributed by atoms with van der Waals surface area (Å²) >= 11 is 0. The molecule has 0 bridgehead atoms. The van der Waals surface area contributed by atoms with Crippen LogP contribution in [0.2, 0.25) is 0 Å². The number of hydrogen-bond donors (Lipinski definition) is 5. The first-order chi connectivity index (χ1) is 5.54. The van der Waals surface area contributed by atoms with Crippen LogP contribution in [0.15, 0.2) is 0 Å². The molecule has 0 saturated heterocycles. The molecule has 0 aromatic carbocycles. The second-order valence-corrected chi connectivity index (χ2v) is 2.29. The summed E-state index contributed by atoms with van der Waals surface area (Å²) in [6.45, 7) is -0.774. The largest absolute Gasteiger partial charge is 1.00 e. The van der Waals surface area contributed by atoms with Crippen molar-refractivity contribution in [2.45, 2.75) is 24.4 Å². The van der Waals surface area contributed by atoms with Gasteiger partial charge in [-0.25, -0.2) is 6.29 Å². The first kappa shape index (κ1) is 15.7. The van der Waals surface area contributed by atoms with E-state index in [1.807, 2.05) is 0 Å². The summed E-state index contributed by atoms with van der Waals surface area (Å²) in [6, 6.07) is 0. The molecule has 82 valence electrons. The van der Waals surface area contributed by atoms with E-state index >= 15 is 0 Å². The van der Waals surface area contributed by atoms with E-state index in [2.05, 4.69) is 0 Å². The van der Waals surface area contributed by atoms with Crippen molar-refractivity contribution in [2.75, 3.05) is 6.61 Å². The van der Waals surface area contributed by atoms with Gasteiger partial charge < -0.3 is 30.3 Å². The van der Waals surface area contributed by atoms with E-state index in [0.717, 1.165) is 6.29 Å². The molecule has 0 heterocycles. The molecule has 0 aliphatic rings. The predicted molar refractivity (Wildman–Crippen MR) is 36.8 cm³/mol. The summed E-state index contributed by atoms with van der Waals surface area (Å²) in [4.78, 5) is 9.77. The maximum Gasteiger partial charge on any atom is 1.00 e. The summed E-state index contributed by atoms with van der Waals surface area (Å²) in [5.41, 5.74) is 0. The Balaban J connectivity index is 0. The third-order valence-corrected chi connectivity index (χ3v) is 1.38. The van der Waals surface area contributed by atoms with Crippen LogP contribution in [-0.2, 0) is 27.2 Å². The van der Waals surface area contributed by atoms with Crippen LogP contribution in [0.25, 0.3) is 0 Å². The molecule has 0 aliphatic carbocycles. The molecule has 5 N–H and O–H groups in total. The molecular formula is C6H11AuO6. The zero-order valence-corrected chi connectivity index (χ0v) is 8.63. The minimum Gasteiger partial charge on any atom is -0.539 e. The van der Waals surface area contributed by atoms with E-state index in [1.165, 1.54) is 0 Å². The number of aliphatic hydroxyl groups is 5. The van der Waals surface area contributed by atoms with Gasteiger partial charge in [0.05, 0.1) is 12.7 Å². The second-order valence-electron chi connectivity index (χ2n) is 2.29. The van der Waals surface area contributed by atoms with E-state index in [0.29, 0.717) is 0 Å². The normalized spacial score (nSPS) is 19.5.